The molecule has 22 heavy (non-hydrogen) atoms. The van der Waals surface area contributed by atoms with E-state index in [1.165, 1.54) is 0 Å². The smallest absolute Gasteiger partial charge is 0.225 e. The first-order valence-corrected chi connectivity index (χ1v) is 6.91. The third-order valence-corrected chi connectivity index (χ3v) is 3.21. The van der Waals surface area contributed by atoms with Crippen LogP contribution in [0.4, 0.5) is 0 Å². The van der Waals surface area contributed by atoms with E-state index in [1.54, 1.807) is 36.9 Å². The van der Waals surface area contributed by atoms with Crippen molar-refractivity contribution in [2.45, 2.75) is 26.8 Å². The van der Waals surface area contributed by atoms with E-state index in [0.29, 0.717) is 32.4 Å². The van der Waals surface area contributed by atoms with Crippen LogP contribution in [0.2, 0.25) is 0 Å². The average Bonchev–Trinajstić information content (AvgIpc) is 2.48. The fourth-order valence-electron chi connectivity index (χ4n) is 2.07. The first-order chi connectivity index (χ1) is 10.5. The lowest BCUT2D eigenvalue weighted by atomic mass is 10.2. The molecule has 2 aromatic rings. The van der Waals surface area contributed by atoms with Crippen LogP contribution in [-0.2, 0) is 11.8 Å². The molecule has 0 unspecified atom stereocenters. The summed E-state index contributed by atoms with van der Waals surface area (Å²) in [6, 6.07) is 3.54. The molecule has 0 atom stereocenters. The summed E-state index contributed by atoms with van der Waals surface area (Å²) in [6.45, 7) is 5.66. The van der Waals surface area contributed by atoms with Gasteiger partial charge in [0.2, 0.25) is 5.62 Å². The number of aromatic nitrogens is 3. The number of hydrogen-bond acceptors (Lipinski definition) is 5. The fraction of sp³-hybridized carbons (Fsp3) is 0.312. The molecule has 0 aliphatic carbocycles. The highest BCUT2D eigenvalue weighted by Crippen LogP contribution is 1.88. The molecule has 0 bridgehead atoms. The van der Waals surface area contributed by atoms with Crippen molar-refractivity contribution >= 4 is 12.2 Å². The first-order valence-electron chi connectivity index (χ1n) is 6.91. The highest BCUT2D eigenvalue weighted by Gasteiger charge is 1.99. The molecular formula is C16H18N4O2. The Bertz CT molecular complexity index is 1000. The van der Waals surface area contributed by atoms with Crippen LogP contribution in [-0.4, -0.2) is 31.6 Å². The van der Waals surface area contributed by atoms with Gasteiger partial charge in [-0.3, -0.25) is 4.98 Å². The van der Waals surface area contributed by atoms with Gasteiger partial charge in [0.15, 0.2) is 5.94 Å². The van der Waals surface area contributed by atoms with Gasteiger partial charge in [-0.05, 0) is 32.9 Å². The van der Waals surface area contributed by atoms with Crippen molar-refractivity contribution in [3.05, 3.63) is 50.8 Å². The van der Waals surface area contributed by atoms with Crippen molar-refractivity contribution in [1.82, 2.24) is 14.5 Å². The maximum Gasteiger partial charge on any atom is 0.225 e. The van der Waals surface area contributed by atoms with E-state index < -0.39 is 0 Å². The molecule has 0 radical (unpaired) electrons. The van der Waals surface area contributed by atoms with Crippen LogP contribution in [0.15, 0.2) is 23.3 Å². The van der Waals surface area contributed by atoms with Gasteiger partial charge in [0.1, 0.15) is 5.35 Å². The van der Waals surface area contributed by atoms with Crippen LogP contribution < -0.4 is 16.2 Å². The topological polar surface area (TPSA) is 80.4 Å². The monoisotopic (exact) mass is 298 g/mol. The van der Waals surface area contributed by atoms with Crippen molar-refractivity contribution in [1.29, 1.82) is 0 Å². The quantitative estimate of drug-likeness (QED) is 0.771. The molecule has 0 saturated heterocycles. The van der Waals surface area contributed by atoms with Gasteiger partial charge in [-0.2, -0.15) is 0 Å². The normalized spacial score (nSPS) is 14.4. The third kappa shape index (κ3) is 2.97. The number of rotatable bonds is 1. The summed E-state index contributed by atoms with van der Waals surface area (Å²) in [7, 11) is 1.72. The molecule has 1 N–H and O–H groups in total. The number of carbonyl (C=O) groups excluding carboxylic acids is 1. The number of aryl methyl sites for hydroxylation is 1. The van der Waals surface area contributed by atoms with Crippen LogP contribution in [0, 0.1) is 17.5 Å². The Hall–Kier alpha value is -2.72. The molecule has 6 nitrogen and oxygen atoms in total. The first kappa shape index (κ1) is 15.7. The summed E-state index contributed by atoms with van der Waals surface area (Å²) < 4.78 is 1.60. The highest BCUT2D eigenvalue weighted by atomic mass is 16.2. The zero-order valence-corrected chi connectivity index (χ0v) is 13.0. The van der Waals surface area contributed by atoms with Crippen molar-refractivity contribution in [2.75, 3.05) is 0 Å². The maximum absolute atomic E-state index is 11.4. The largest absolute Gasteiger partial charge is 0.515 e. The van der Waals surface area contributed by atoms with Gasteiger partial charge in [0.05, 0.1) is 16.8 Å². The lowest BCUT2D eigenvalue weighted by molar-refractivity contribution is 0.539. The van der Waals surface area contributed by atoms with Gasteiger partial charge in [0.25, 0.3) is 0 Å². The predicted molar refractivity (Wildman–Crippen MR) is 81.7 cm³/mol. The van der Waals surface area contributed by atoms with E-state index >= 15 is 0 Å². The summed E-state index contributed by atoms with van der Waals surface area (Å²) in [6.07, 6.45) is 2.58. The molecule has 2 rings (SSSR count). The summed E-state index contributed by atoms with van der Waals surface area (Å²) in [5.41, 5.74) is 1.13. The minimum Gasteiger partial charge on any atom is -0.515 e. The molecule has 0 aliphatic heterocycles. The van der Waals surface area contributed by atoms with Gasteiger partial charge in [0, 0.05) is 30.2 Å². The standard InChI is InChI=1S/C16H18N4O2/c1-10(2)18-16-17-7-13(15(9-22)20(16)4)14-6-5-12(8-21)11(3)19-14/h5-8,10,21H,1-4H3. The second kappa shape index (κ2) is 6.37. The fourth-order valence-corrected chi connectivity index (χ4v) is 2.07. The SMILES string of the molecule is Cc1nc(=c2cnc(=NC(C)C)n(C)c2=C=O)ccc1=CO. The molecule has 114 valence electrons. The molecule has 2 aromatic heterocycles. The summed E-state index contributed by atoms with van der Waals surface area (Å²) in [5, 5.41) is 11.2. The van der Waals surface area contributed by atoms with E-state index in [2.05, 4.69) is 15.0 Å². The molecule has 6 heteroatoms. The Morgan fingerprint density at radius 2 is 2.14 bits per heavy atom. The van der Waals surface area contributed by atoms with Crippen molar-refractivity contribution in [2.24, 2.45) is 12.0 Å². The van der Waals surface area contributed by atoms with E-state index in [1.807, 2.05) is 19.8 Å². The number of aliphatic hydroxyl groups is 1. The molecule has 0 saturated carbocycles. The number of hydrogen-bond donors (Lipinski definition) is 1. The molecular weight excluding hydrogens is 280 g/mol. The van der Waals surface area contributed by atoms with Crippen molar-refractivity contribution < 1.29 is 9.90 Å². The van der Waals surface area contributed by atoms with Gasteiger partial charge < -0.3 is 9.67 Å². The third-order valence-electron chi connectivity index (χ3n) is 3.21. The Morgan fingerprint density at radius 3 is 2.68 bits per heavy atom. The highest BCUT2D eigenvalue weighted by molar-refractivity contribution is 5.43. The van der Waals surface area contributed by atoms with Gasteiger partial charge >= 0.3 is 0 Å². The Kier molecular flexibility index (Phi) is 4.53. The summed E-state index contributed by atoms with van der Waals surface area (Å²) in [5.74, 6) is 1.94. The van der Waals surface area contributed by atoms with Crippen molar-refractivity contribution in [3.8, 4) is 0 Å². The minimum absolute atomic E-state index is 0.0730. The maximum atomic E-state index is 11.4. The van der Waals surface area contributed by atoms with E-state index in [-0.39, 0.29) is 6.04 Å². The molecule has 0 aliphatic rings. The van der Waals surface area contributed by atoms with Gasteiger partial charge in [-0.25, -0.2) is 14.8 Å². The molecule has 2 heterocycles. The molecule has 0 spiro atoms. The van der Waals surface area contributed by atoms with Gasteiger partial charge in [-0.15, -0.1) is 0 Å². The number of pyridine rings is 1. The number of nitrogens with zero attached hydrogens (tertiary/aromatic N) is 4. The summed E-state index contributed by atoms with van der Waals surface area (Å²) >= 11 is 0. The Morgan fingerprint density at radius 1 is 1.41 bits per heavy atom. The number of aliphatic hydroxyl groups excluding tert-OH is 1. The van der Waals surface area contributed by atoms with Crippen LogP contribution >= 0.6 is 0 Å². The molecule has 0 aromatic carbocycles. The van der Waals surface area contributed by atoms with E-state index in [9.17, 15) is 4.79 Å². The zero-order valence-electron chi connectivity index (χ0n) is 13.0. The van der Waals surface area contributed by atoms with Crippen LogP contribution in [0.1, 0.15) is 19.5 Å². The van der Waals surface area contributed by atoms with Gasteiger partial charge in [-0.1, -0.05) is 0 Å². The minimum atomic E-state index is 0.0730. The Labute approximate surface area is 127 Å². The van der Waals surface area contributed by atoms with Crippen LogP contribution in [0.25, 0.3) is 6.26 Å². The van der Waals surface area contributed by atoms with Crippen molar-refractivity contribution in [3.63, 3.8) is 0 Å². The van der Waals surface area contributed by atoms with Crippen LogP contribution in [0.5, 0.6) is 0 Å². The van der Waals surface area contributed by atoms with Crippen LogP contribution in [0.3, 0.4) is 0 Å². The predicted octanol–water partition coefficient (Wildman–Crippen LogP) is -0.481. The molecule has 0 fully saturated rings. The van der Waals surface area contributed by atoms with E-state index in [0.717, 1.165) is 6.26 Å². The lowest BCUT2D eigenvalue weighted by Crippen LogP contribution is -2.36. The second-order valence-corrected chi connectivity index (χ2v) is 5.20. The summed E-state index contributed by atoms with van der Waals surface area (Å²) in [4.78, 5) is 24.4. The zero-order chi connectivity index (χ0) is 16.3. The second-order valence-electron chi connectivity index (χ2n) is 5.20. The molecule has 0 amide bonds. The average molecular weight is 298 g/mol. The Balaban J connectivity index is 3.02. The van der Waals surface area contributed by atoms with E-state index in [4.69, 9.17) is 5.11 Å². The lowest BCUT2D eigenvalue weighted by Gasteiger charge is -2.01.